The van der Waals surface area contributed by atoms with Crippen LogP contribution in [0, 0.1) is 5.41 Å². The molecule has 180 valence electrons. The lowest BCUT2D eigenvalue weighted by Crippen LogP contribution is -2.30. The molecule has 5 rings (SSSR count). The van der Waals surface area contributed by atoms with Crippen LogP contribution in [0.25, 0.3) is 11.1 Å². The zero-order valence-corrected chi connectivity index (χ0v) is 19.8. The Kier molecular flexibility index (Phi) is 6.11. The molecule has 1 N–H and O–H groups in total. The molecule has 0 unspecified atom stereocenters. The van der Waals surface area contributed by atoms with Crippen LogP contribution in [0.15, 0.2) is 30.3 Å². The molecular weight excluding hydrogens is 434 g/mol. The fourth-order valence-electron chi connectivity index (χ4n) is 4.90. The number of carbonyl (C=O) groups is 2. The Hall–Kier alpha value is -3.22. The first kappa shape index (κ1) is 22.6. The molecule has 7 heteroatoms. The van der Waals surface area contributed by atoms with E-state index in [0.717, 1.165) is 55.2 Å². The lowest BCUT2D eigenvalue weighted by Gasteiger charge is -2.25. The SMILES string of the molecule is COc1ccc(-c2ccc3c(c2)CNC3=O)c(OCC2(C(=O)OC3CCCCC3)CC2)c1OC. The van der Waals surface area contributed by atoms with Crippen molar-refractivity contribution in [3.63, 3.8) is 0 Å². The quantitative estimate of drug-likeness (QED) is 0.572. The molecule has 1 aliphatic heterocycles. The van der Waals surface area contributed by atoms with Crippen molar-refractivity contribution in [1.29, 1.82) is 0 Å². The number of hydrogen-bond donors (Lipinski definition) is 1. The van der Waals surface area contributed by atoms with E-state index in [0.29, 0.717) is 29.4 Å². The number of benzene rings is 2. The van der Waals surface area contributed by atoms with Gasteiger partial charge in [-0.1, -0.05) is 12.5 Å². The van der Waals surface area contributed by atoms with E-state index >= 15 is 0 Å². The molecule has 0 radical (unpaired) electrons. The van der Waals surface area contributed by atoms with Crippen LogP contribution < -0.4 is 19.5 Å². The van der Waals surface area contributed by atoms with Crippen molar-refractivity contribution in [2.75, 3.05) is 20.8 Å². The molecule has 1 amide bonds. The number of nitrogens with one attached hydrogen (secondary N) is 1. The molecule has 0 aromatic heterocycles. The van der Waals surface area contributed by atoms with Crippen LogP contribution in [0.3, 0.4) is 0 Å². The molecule has 2 saturated carbocycles. The second-order valence-electron chi connectivity index (χ2n) is 9.47. The summed E-state index contributed by atoms with van der Waals surface area (Å²) in [5.74, 6) is 1.35. The minimum absolute atomic E-state index is 0.0309. The Morgan fingerprint density at radius 2 is 1.76 bits per heavy atom. The fraction of sp³-hybridized carbons (Fsp3) is 0.481. The second kappa shape index (κ2) is 9.20. The van der Waals surface area contributed by atoms with Crippen molar-refractivity contribution >= 4 is 11.9 Å². The first-order valence-corrected chi connectivity index (χ1v) is 12.0. The van der Waals surface area contributed by atoms with Crippen molar-refractivity contribution in [3.05, 3.63) is 41.5 Å². The minimum Gasteiger partial charge on any atom is -0.493 e. The zero-order valence-electron chi connectivity index (χ0n) is 19.8. The Bertz CT molecular complexity index is 1100. The molecule has 3 aliphatic rings. The van der Waals surface area contributed by atoms with Crippen LogP contribution in [-0.2, 0) is 16.1 Å². The first-order valence-electron chi connectivity index (χ1n) is 12.0. The maximum absolute atomic E-state index is 13.0. The van der Waals surface area contributed by atoms with E-state index in [2.05, 4.69) is 5.32 Å². The summed E-state index contributed by atoms with van der Waals surface area (Å²) in [7, 11) is 3.15. The average molecular weight is 466 g/mol. The molecular formula is C27H31NO6. The highest BCUT2D eigenvalue weighted by atomic mass is 16.6. The van der Waals surface area contributed by atoms with Crippen LogP contribution in [0.2, 0.25) is 0 Å². The number of carbonyl (C=O) groups excluding carboxylic acids is 2. The Morgan fingerprint density at radius 3 is 2.47 bits per heavy atom. The summed E-state index contributed by atoms with van der Waals surface area (Å²) >= 11 is 0. The lowest BCUT2D eigenvalue weighted by atomic mass is 9.97. The normalized spacial score (nSPS) is 18.6. The predicted molar refractivity (Wildman–Crippen MR) is 126 cm³/mol. The van der Waals surface area contributed by atoms with Gasteiger partial charge in [0.15, 0.2) is 11.5 Å². The van der Waals surface area contributed by atoms with E-state index in [4.69, 9.17) is 18.9 Å². The Labute approximate surface area is 199 Å². The molecule has 2 aromatic carbocycles. The molecule has 2 aromatic rings. The highest BCUT2D eigenvalue weighted by Gasteiger charge is 2.53. The summed E-state index contributed by atoms with van der Waals surface area (Å²) in [6, 6.07) is 9.48. The lowest BCUT2D eigenvalue weighted by molar-refractivity contribution is -0.158. The zero-order chi connectivity index (χ0) is 23.7. The van der Waals surface area contributed by atoms with Crippen molar-refractivity contribution in [3.8, 4) is 28.4 Å². The van der Waals surface area contributed by atoms with Crippen LogP contribution in [0.4, 0.5) is 0 Å². The van der Waals surface area contributed by atoms with Crippen LogP contribution in [-0.4, -0.2) is 38.8 Å². The van der Waals surface area contributed by atoms with Crippen LogP contribution in [0.1, 0.15) is 60.9 Å². The number of amides is 1. The van der Waals surface area contributed by atoms with Gasteiger partial charge in [0.1, 0.15) is 18.1 Å². The van der Waals surface area contributed by atoms with Gasteiger partial charge in [-0.25, -0.2) is 0 Å². The first-order chi connectivity index (χ1) is 16.5. The monoisotopic (exact) mass is 465 g/mol. The predicted octanol–water partition coefficient (Wildman–Crippen LogP) is 4.65. The number of rotatable bonds is 8. The van der Waals surface area contributed by atoms with Gasteiger partial charge in [0.05, 0.1) is 14.2 Å². The number of methoxy groups -OCH3 is 2. The molecule has 2 aliphatic carbocycles. The van der Waals surface area contributed by atoms with E-state index in [-0.39, 0.29) is 24.6 Å². The van der Waals surface area contributed by atoms with Gasteiger partial charge in [0.25, 0.3) is 5.91 Å². The third kappa shape index (κ3) is 4.19. The van der Waals surface area contributed by atoms with E-state index in [9.17, 15) is 9.59 Å². The van der Waals surface area contributed by atoms with E-state index in [1.54, 1.807) is 14.2 Å². The maximum atomic E-state index is 13.0. The standard InChI is InChI=1S/C27H31NO6/c1-31-22-11-10-20(17-8-9-21-18(14-17)15-28-25(21)29)23(24(22)32-2)33-16-27(12-13-27)26(30)34-19-6-4-3-5-7-19/h8-11,14,19H,3-7,12-13,15-16H2,1-2H3,(H,28,29). The molecule has 0 spiro atoms. The molecule has 0 atom stereocenters. The minimum atomic E-state index is -0.600. The van der Waals surface area contributed by atoms with Gasteiger partial charge in [0, 0.05) is 17.7 Å². The third-order valence-corrected chi connectivity index (χ3v) is 7.21. The number of fused-ring (bicyclic) bond motifs is 1. The van der Waals surface area contributed by atoms with E-state index < -0.39 is 5.41 Å². The largest absolute Gasteiger partial charge is 0.493 e. The number of ether oxygens (including phenoxy) is 4. The van der Waals surface area contributed by atoms with Crippen LogP contribution >= 0.6 is 0 Å². The van der Waals surface area contributed by atoms with Gasteiger partial charge < -0.3 is 24.3 Å². The summed E-state index contributed by atoms with van der Waals surface area (Å²) in [6.07, 6.45) is 6.90. The maximum Gasteiger partial charge on any atom is 0.315 e. The van der Waals surface area contributed by atoms with Crippen molar-refractivity contribution in [2.24, 2.45) is 5.41 Å². The van der Waals surface area contributed by atoms with Gasteiger partial charge in [-0.15, -0.1) is 0 Å². The van der Waals surface area contributed by atoms with Gasteiger partial charge in [-0.3, -0.25) is 9.59 Å². The summed E-state index contributed by atoms with van der Waals surface area (Å²) < 4.78 is 23.4. The van der Waals surface area contributed by atoms with Crippen molar-refractivity contribution < 1.29 is 28.5 Å². The van der Waals surface area contributed by atoms with Crippen molar-refractivity contribution in [2.45, 2.75) is 57.6 Å². The molecule has 1 heterocycles. The molecule has 0 saturated heterocycles. The van der Waals surface area contributed by atoms with Crippen molar-refractivity contribution in [1.82, 2.24) is 5.32 Å². The van der Waals surface area contributed by atoms with Gasteiger partial charge in [0.2, 0.25) is 5.75 Å². The van der Waals surface area contributed by atoms with Gasteiger partial charge >= 0.3 is 5.97 Å². The average Bonchev–Trinajstić information content (AvgIpc) is 3.58. The van der Waals surface area contributed by atoms with Gasteiger partial charge in [-0.05, 0) is 73.9 Å². The molecule has 7 nitrogen and oxygen atoms in total. The summed E-state index contributed by atoms with van der Waals surface area (Å²) in [5, 5.41) is 2.85. The molecule has 0 bridgehead atoms. The van der Waals surface area contributed by atoms with E-state index in [1.807, 2.05) is 30.3 Å². The number of esters is 1. The molecule has 2 fully saturated rings. The summed E-state index contributed by atoms with van der Waals surface area (Å²) in [6.45, 7) is 0.724. The van der Waals surface area contributed by atoms with E-state index in [1.165, 1.54) is 6.42 Å². The smallest absolute Gasteiger partial charge is 0.315 e. The topological polar surface area (TPSA) is 83.1 Å². The van der Waals surface area contributed by atoms with Crippen LogP contribution in [0.5, 0.6) is 17.2 Å². The highest BCUT2D eigenvalue weighted by molar-refractivity contribution is 5.99. The molecule has 34 heavy (non-hydrogen) atoms. The number of hydrogen-bond acceptors (Lipinski definition) is 6. The summed E-state index contributed by atoms with van der Waals surface area (Å²) in [5.41, 5.74) is 2.75. The Morgan fingerprint density at radius 1 is 1.00 bits per heavy atom. The third-order valence-electron chi connectivity index (χ3n) is 7.21. The van der Waals surface area contributed by atoms with Gasteiger partial charge in [-0.2, -0.15) is 0 Å². The summed E-state index contributed by atoms with van der Waals surface area (Å²) in [4.78, 5) is 25.0. The highest BCUT2D eigenvalue weighted by Crippen LogP contribution is 2.50. The Balaban J connectivity index is 1.41. The fourth-order valence-corrected chi connectivity index (χ4v) is 4.90. The second-order valence-corrected chi connectivity index (χ2v) is 9.47.